The minimum absolute atomic E-state index is 0.0332. The van der Waals surface area contributed by atoms with Crippen LogP contribution in [0.2, 0.25) is 0 Å². The lowest BCUT2D eigenvalue weighted by molar-refractivity contribution is -0.112. The first-order valence-electron chi connectivity index (χ1n) is 8.32. The highest BCUT2D eigenvalue weighted by atomic mass is 32.2. The summed E-state index contributed by atoms with van der Waals surface area (Å²) >= 11 is 1.65. The molecule has 0 radical (unpaired) electrons. The molecule has 0 spiro atoms. The smallest absolute Gasteiger partial charge is 0.322 e. The number of methoxy groups -OCH3 is 2. The van der Waals surface area contributed by atoms with Crippen LogP contribution in [-0.4, -0.2) is 36.6 Å². The van der Waals surface area contributed by atoms with Gasteiger partial charge in [-0.3, -0.25) is 10.1 Å². The van der Waals surface area contributed by atoms with Gasteiger partial charge in [-0.05, 0) is 54.3 Å². The Labute approximate surface area is 166 Å². The summed E-state index contributed by atoms with van der Waals surface area (Å²) in [6.07, 6.45) is 5.03. The number of aromatic nitrogens is 2. The number of amides is 1. The Hall–Kier alpha value is -3.26. The number of nitrogens with one attached hydrogen (secondary N) is 1. The van der Waals surface area contributed by atoms with Gasteiger partial charge in [0.2, 0.25) is 5.89 Å². The average Bonchev–Trinajstić information content (AvgIpc) is 3.20. The molecule has 0 unspecified atom stereocenters. The van der Waals surface area contributed by atoms with Gasteiger partial charge in [0.25, 0.3) is 5.91 Å². The third kappa shape index (κ3) is 4.72. The van der Waals surface area contributed by atoms with Gasteiger partial charge in [-0.25, -0.2) is 0 Å². The Bertz CT molecular complexity index is 983. The minimum atomic E-state index is -0.386. The van der Waals surface area contributed by atoms with E-state index in [-0.39, 0.29) is 11.9 Å². The van der Waals surface area contributed by atoms with Crippen LogP contribution in [0.4, 0.5) is 6.01 Å². The molecule has 0 saturated carbocycles. The van der Waals surface area contributed by atoms with Crippen molar-refractivity contribution in [2.24, 2.45) is 0 Å². The van der Waals surface area contributed by atoms with Gasteiger partial charge in [-0.2, -0.15) is 0 Å². The lowest BCUT2D eigenvalue weighted by Gasteiger charge is -2.07. The second-order valence-electron chi connectivity index (χ2n) is 5.58. The molecule has 0 fully saturated rings. The van der Waals surface area contributed by atoms with E-state index in [9.17, 15) is 4.79 Å². The first-order chi connectivity index (χ1) is 13.6. The Kier molecular flexibility index (Phi) is 6.33. The van der Waals surface area contributed by atoms with Crippen molar-refractivity contribution in [2.75, 3.05) is 25.8 Å². The van der Waals surface area contributed by atoms with Crippen molar-refractivity contribution in [3.05, 3.63) is 54.1 Å². The zero-order valence-corrected chi connectivity index (χ0v) is 16.4. The molecule has 8 heteroatoms. The predicted molar refractivity (Wildman–Crippen MR) is 109 cm³/mol. The summed E-state index contributed by atoms with van der Waals surface area (Å²) in [6, 6.07) is 13.1. The van der Waals surface area contributed by atoms with E-state index in [1.807, 2.05) is 36.6 Å². The van der Waals surface area contributed by atoms with Crippen molar-refractivity contribution in [3.8, 4) is 23.0 Å². The van der Waals surface area contributed by atoms with Gasteiger partial charge in [0.15, 0.2) is 11.5 Å². The molecule has 0 aliphatic carbocycles. The van der Waals surface area contributed by atoms with Gasteiger partial charge >= 0.3 is 6.01 Å². The number of anilines is 1. The number of thioether (sulfide) groups is 1. The molecule has 3 rings (SSSR count). The van der Waals surface area contributed by atoms with Crippen LogP contribution in [0, 0.1) is 0 Å². The molecular weight excluding hydrogens is 378 g/mol. The quantitative estimate of drug-likeness (QED) is 0.474. The maximum Gasteiger partial charge on any atom is 0.322 e. The van der Waals surface area contributed by atoms with Gasteiger partial charge in [-0.15, -0.1) is 16.9 Å². The summed E-state index contributed by atoms with van der Waals surface area (Å²) in [4.78, 5) is 13.2. The first kappa shape index (κ1) is 19.5. The summed E-state index contributed by atoms with van der Waals surface area (Å²) in [5.41, 5.74) is 1.57. The maximum absolute atomic E-state index is 12.1. The van der Waals surface area contributed by atoms with E-state index in [1.165, 1.54) is 6.08 Å². The van der Waals surface area contributed by atoms with E-state index in [0.717, 1.165) is 16.0 Å². The summed E-state index contributed by atoms with van der Waals surface area (Å²) in [5.74, 6) is 1.15. The Morgan fingerprint density at radius 1 is 1.07 bits per heavy atom. The Morgan fingerprint density at radius 2 is 1.82 bits per heavy atom. The van der Waals surface area contributed by atoms with E-state index in [0.29, 0.717) is 17.4 Å². The van der Waals surface area contributed by atoms with E-state index in [1.54, 1.807) is 44.2 Å². The normalized spacial score (nSPS) is 10.8. The molecule has 1 amide bonds. The number of rotatable bonds is 7. The van der Waals surface area contributed by atoms with Crippen molar-refractivity contribution in [1.29, 1.82) is 0 Å². The summed E-state index contributed by atoms with van der Waals surface area (Å²) in [6.45, 7) is 0. The molecule has 1 aromatic heterocycles. The van der Waals surface area contributed by atoms with Gasteiger partial charge in [-0.1, -0.05) is 11.2 Å². The number of nitrogens with zero attached hydrogens (tertiary/aromatic N) is 2. The summed E-state index contributed by atoms with van der Waals surface area (Å²) in [5, 5.41) is 10.4. The molecule has 0 bridgehead atoms. The number of ether oxygens (including phenoxy) is 2. The Balaban J connectivity index is 1.65. The molecular formula is C20H19N3O4S. The van der Waals surface area contributed by atoms with E-state index >= 15 is 0 Å². The highest BCUT2D eigenvalue weighted by Crippen LogP contribution is 2.28. The molecule has 3 aromatic rings. The number of carbonyl (C=O) groups excluding carboxylic acids is 1. The second kappa shape index (κ2) is 9.09. The van der Waals surface area contributed by atoms with Gasteiger partial charge in [0.1, 0.15) is 0 Å². The number of hydrogen-bond donors (Lipinski definition) is 1. The minimum Gasteiger partial charge on any atom is -0.493 e. The third-order valence-electron chi connectivity index (χ3n) is 3.83. The lowest BCUT2D eigenvalue weighted by Crippen LogP contribution is -2.07. The predicted octanol–water partition coefficient (Wildman–Crippen LogP) is 4.13. The monoisotopic (exact) mass is 397 g/mol. The third-order valence-corrected chi connectivity index (χ3v) is 4.57. The molecule has 0 atom stereocenters. The van der Waals surface area contributed by atoms with Gasteiger partial charge in [0, 0.05) is 16.5 Å². The van der Waals surface area contributed by atoms with Crippen LogP contribution in [-0.2, 0) is 4.79 Å². The second-order valence-corrected chi connectivity index (χ2v) is 6.46. The standard InChI is InChI=1S/C20H19N3O4S/c1-25-16-10-4-13(12-17(16)26-2)5-11-18(24)21-20-23-22-19(27-20)14-6-8-15(28-3)9-7-14/h4-12H,1-3H3,(H,21,23,24)/b11-5+. The SMILES string of the molecule is COc1ccc(/C=C/C(=O)Nc2nnc(-c3ccc(SC)cc3)o2)cc1OC. The fourth-order valence-corrected chi connectivity index (χ4v) is 2.81. The molecule has 1 heterocycles. The topological polar surface area (TPSA) is 86.5 Å². The van der Waals surface area contributed by atoms with Crippen molar-refractivity contribution in [2.45, 2.75) is 4.90 Å². The van der Waals surface area contributed by atoms with Gasteiger partial charge < -0.3 is 13.9 Å². The van der Waals surface area contributed by atoms with Crippen LogP contribution < -0.4 is 14.8 Å². The van der Waals surface area contributed by atoms with Crippen LogP contribution in [0.5, 0.6) is 11.5 Å². The van der Waals surface area contributed by atoms with Crippen LogP contribution >= 0.6 is 11.8 Å². The zero-order valence-electron chi connectivity index (χ0n) is 15.6. The molecule has 0 saturated heterocycles. The molecule has 0 aliphatic heterocycles. The lowest BCUT2D eigenvalue weighted by atomic mass is 10.2. The summed E-state index contributed by atoms with van der Waals surface area (Å²) in [7, 11) is 3.12. The number of benzene rings is 2. The van der Waals surface area contributed by atoms with Crippen LogP contribution in [0.1, 0.15) is 5.56 Å². The number of carbonyl (C=O) groups is 1. The molecule has 1 N–H and O–H groups in total. The van der Waals surface area contributed by atoms with Crippen LogP contribution in [0.25, 0.3) is 17.5 Å². The van der Waals surface area contributed by atoms with Crippen LogP contribution in [0.15, 0.2) is 57.9 Å². The molecule has 7 nitrogen and oxygen atoms in total. The molecule has 0 aliphatic rings. The summed E-state index contributed by atoms with van der Waals surface area (Å²) < 4.78 is 15.9. The van der Waals surface area contributed by atoms with E-state index in [4.69, 9.17) is 13.9 Å². The first-order valence-corrected chi connectivity index (χ1v) is 9.54. The Morgan fingerprint density at radius 3 is 2.50 bits per heavy atom. The number of hydrogen-bond acceptors (Lipinski definition) is 7. The molecule has 144 valence electrons. The van der Waals surface area contributed by atoms with Crippen molar-refractivity contribution >= 4 is 29.8 Å². The highest BCUT2D eigenvalue weighted by Gasteiger charge is 2.10. The van der Waals surface area contributed by atoms with E-state index < -0.39 is 0 Å². The van der Waals surface area contributed by atoms with Crippen molar-refractivity contribution < 1.29 is 18.7 Å². The molecule has 2 aromatic carbocycles. The molecule has 28 heavy (non-hydrogen) atoms. The van der Waals surface area contributed by atoms with Crippen molar-refractivity contribution in [1.82, 2.24) is 10.2 Å². The zero-order chi connectivity index (χ0) is 19.9. The largest absolute Gasteiger partial charge is 0.493 e. The fraction of sp³-hybridized carbons (Fsp3) is 0.150. The highest BCUT2D eigenvalue weighted by molar-refractivity contribution is 7.98. The average molecular weight is 397 g/mol. The van der Waals surface area contributed by atoms with Crippen LogP contribution in [0.3, 0.4) is 0 Å². The fourth-order valence-electron chi connectivity index (χ4n) is 2.40. The van der Waals surface area contributed by atoms with Crippen molar-refractivity contribution in [3.63, 3.8) is 0 Å². The van der Waals surface area contributed by atoms with Gasteiger partial charge in [0.05, 0.1) is 14.2 Å². The van der Waals surface area contributed by atoms with E-state index in [2.05, 4.69) is 15.5 Å². The maximum atomic E-state index is 12.1.